The van der Waals surface area contributed by atoms with E-state index in [0.717, 1.165) is 23.3 Å². The average molecular weight is 304 g/mol. The molecule has 1 saturated heterocycles. The Morgan fingerprint density at radius 1 is 1.41 bits per heavy atom. The second-order valence-electron chi connectivity index (χ2n) is 6.79. The molecule has 0 spiro atoms. The van der Waals surface area contributed by atoms with Gasteiger partial charge in [-0.1, -0.05) is 12.1 Å². The van der Waals surface area contributed by atoms with E-state index in [1.165, 1.54) is 0 Å². The second kappa shape index (κ2) is 5.25. The van der Waals surface area contributed by atoms with Crippen LogP contribution >= 0.6 is 0 Å². The van der Waals surface area contributed by atoms with Gasteiger partial charge < -0.3 is 20.1 Å². The molecule has 1 unspecified atom stereocenters. The average Bonchev–Trinajstić information content (AvgIpc) is 2.84. The number of amides is 1. The van der Waals surface area contributed by atoms with Crippen molar-refractivity contribution in [1.82, 2.24) is 4.90 Å². The van der Waals surface area contributed by atoms with E-state index < -0.39 is 5.54 Å². The fourth-order valence-corrected chi connectivity index (χ4v) is 3.58. The lowest BCUT2D eigenvalue weighted by atomic mass is 9.90. The van der Waals surface area contributed by atoms with Gasteiger partial charge >= 0.3 is 0 Å². The van der Waals surface area contributed by atoms with Gasteiger partial charge in [0.25, 0.3) is 0 Å². The van der Waals surface area contributed by atoms with Crippen LogP contribution < -0.4 is 10.5 Å². The molecule has 1 aromatic rings. The Morgan fingerprint density at radius 3 is 2.86 bits per heavy atom. The summed E-state index contributed by atoms with van der Waals surface area (Å²) in [4.78, 5) is 14.9. The summed E-state index contributed by atoms with van der Waals surface area (Å²) in [7, 11) is 1.65. The highest BCUT2D eigenvalue weighted by Crippen LogP contribution is 2.41. The molecule has 1 aromatic carbocycles. The number of nitrogens with zero attached hydrogens (tertiary/aromatic N) is 1. The predicted octanol–water partition coefficient (Wildman–Crippen LogP) is 1.43. The highest BCUT2D eigenvalue weighted by atomic mass is 16.5. The quantitative estimate of drug-likeness (QED) is 0.898. The number of benzene rings is 1. The minimum Gasteiger partial charge on any atom is -0.496 e. The molecule has 1 atom stereocenters. The summed E-state index contributed by atoms with van der Waals surface area (Å²) in [5.74, 6) is 0.816. The summed E-state index contributed by atoms with van der Waals surface area (Å²) < 4.78 is 11.1. The van der Waals surface area contributed by atoms with Crippen molar-refractivity contribution in [2.24, 2.45) is 5.73 Å². The summed E-state index contributed by atoms with van der Waals surface area (Å²) in [5.41, 5.74) is 7.27. The van der Waals surface area contributed by atoms with Crippen molar-refractivity contribution < 1.29 is 14.3 Å². The largest absolute Gasteiger partial charge is 0.496 e. The zero-order chi connectivity index (χ0) is 16.0. The predicted molar refractivity (Wildman–Crippen MR) is 83.8 cm³/mol. The van der Waals surface area contributed by atoms with Crippen molar-refractivity contribution in [3.05, 3.63) is 29.3 Å². The van der Waals surface area contributed by atoms with Gasteiger partial charge in [-0.25, -0.2) is 0 Å². The maximum absolute atomic E-state index is 13.1. The molecule has 0 radical (unpaired) electrons. The Labute approximate surface area is 131 Å². The van der Waals surface area contributed by atoms with Crippen LogP contribution in [0.15, 0.2) is 18.2 Å². The lowest BCUT2D eigenvalue weighted by molar-refractivity contribution is -0.151. The van der Waals surface area contributed by atoms with Crippen LogP contribution in [0.25, 0.3) is 0 Å². The summed E-state index contributed by atoms with van der Waals surface area (Å²) >= 11 is 0. The van der Waals surface area contributed by atoms with E-state index in [-0.39, 0.29) is 11.5 Å². The first-order valence-electron chi connectivity index (χ1n) is 7.76. The molecular weight excluding hydrogens is 280 g/mol. The van der Waals surface area contributed by atoms with Crippen LogP contribution in [-0.4, -0.2) is 43.2 Å². The van der Waals surface area contributed by atoms with Crippen LogP contribution in [0.2, 0.25) is 0 Å². The minimum atomic E-state index is -0.947. The first-order chi connectivity index (χ1) is 10.4. The minimum absolute atomic E-state index is 0.00382. The highest BCUT2D eigenvalue weighted by molar-refractivity contribution is 5.89. The number of fused-ring (bicyclic) bond motifs is 1. The Kier molecular flexibility index (Phi) is 3.65. The molecule has 2 aliphatic rings. The van der Waals surface area contributed by atoms with E-state index in [0.29, 0.717) is 26.1 Å². The molecule has 22 heavy (non-hydrogen) atoms. The lowest BCUT2D eigenvalue weighted by Gasteiger charge is -2.41. The van der Waals surface area contributed by atoms with Gasteiger partial charge in [0.1, 0.15) is 11.3 Å². The summed E-state index contributed by atoms with van der Waals surface area (Å²) in [6, 6.07) is 5.78. The van der Waals surface area contributed by atoms with Crippen molar-refractivity contribution in [3.8, 4) is 5.75 Å². The number of rotatable bonds is 2. The van der Waals surface area contributed by atoms with E-state index in [1.807, 2.05) is 36.9 Å². The number of hydrogen-bond acceptors (Lipinski definition) is 4. The van der Waals surface area contributed by atoms with Gasteiger partial charge in [-0.15, -0.1) is 0 Å². The Bertz CT molecular complexity index is 600. The van der Waals surface area contributed by atoms with Crippen molar-refractivity contribution in [3.63, 3.8) is 0 Å². The molecule has 3 rings (SSSR count). The monoisotopic (exact) mass is 304 g/mol. The number of methoxy groups -OCH3 is 1. The zero-order valence-electron chi connectivity index (χ0n) is 13.5. The highest BCUT2D eigenvalue weighted by Gasteiger charge is 2.46. The van der Waals surface area contributed by atoms with Gasteiger partial charge in [-0.2, -0.15) is 0 Å². The molecule has 1 heterocycles. The van der Waals surface area contributed by atoms with Crippen molar-refractivity contribution in [1.29, 1.82) is 0 Å². The van der Waals surface area contributed by atoms with Crippen molar-refractivity contribution in [2.45, 2.75) is 37.8 Å². The van der Waals surface area contributed by atoms with Gasteiger partial charge in [-0.3, -0.25) is 4.79 Å². The number of hydrogen-bond donors (Lipinski definition) is 1. The maximum Gasteiger partial charge on any atom is 0.247 e. The van der Waals surface area contributed by atoms with E-state index in [2.05, 4.69) is 0 Å². The summed E-state index contributed by atoms with van der Waals surface area (Å²) in [6.07, 6.45) is 1.40. The van der Waals surface area contributed by atoms with Crippen LogP contribution in [0, 0.1) is 0 Å². The van der Waals surface area contributed by atoms with Crippen molar-refractivity contribution >= 4 is 5.91 Å². The van der Waals surface area contributed by atoms with E-state index >= 15 is 0 Å². The normalized spacial score (nSPS) is 26.6. The van der Waals surface area contributed by atoms with Crippen LogP contribution in [-0.2, 0) is 21.5 Å². The first-order valence-corrected chi connectivity index (χ1v) is 7.76. The van der Waals surface area contributed by atoms with Gasteiger partial charge in [0, 0.05) is 13.1 Å². The van der Waals surface area contributed by atoms with Gasteiger partial charge in [0.15, 0.2) is 0 Å². The molecular formula is C17H24N2O3. The van der Waals surface area contributed by atoms with Gasteiger partial charge in [0.05, 0.1) is 19.3 Å². The van der Waals surface area contributed by atoms with E-state index in [9.17, 15) is 4.79 Å². The second-order valence-corrected chi connectivity index (χ2v) is 6.79. The van der Waals surface area contributed by atoms with Crippen LogP contribution in [0.1, 0.15) is 31.4 Å². The molecule has 0 saturated carbocycles. The zero-order valence-corrected chi connectivity index (χ0v) is 13.5. The lowest BCUT2D eigenvalue weighted by Crippen LogP contribution is -2.58. The molecule has 2 N–H and O–H groups in total. The number of morpholine rings is 1. The number of carbonyl (C=O) groups is 1. The molecule has 1 aliphatic heterocycles. The SMILES string of the molecule is COc1cccc2c1CCC2(N)C(=O)N1CCOC(C)(C)C1. The molecule has 0 bridgehead atoms. The summed E-state index contributed by atoms with van der Waals surface area (Å²) in [6.45, 7) is 5.73. The molecule has 1 aliphatic carbocycles. The smallest absolute Gasteiger partial charge is 0.247 e. The molecule has 0 aromatic heterocycles. The van der Waals surface area contributed by atoms with Gasteiger partial charge in [0.2, 0.25) is 5.91 Å². The third-order valence-corrected chi connectivity index (χ3v) is 4.70. The summed E-state index contributed by atoms with van der Waals surface area (Å²) in [5, 5.41) is 0. The van der Waals surface area contributed by atoms with E-state index in [4.69, 9.17) is 15.2 Å². The Balaban J connectivity index is 1.91. The van der Waals surface area contributed by atoms with Crippen LogP contribution in [0.5, 0.6) is 5.75 Å². The fraction of sp³-hybridized carbons (Fsp3) is 0.588. The topological polar surface area (TPSA) is 64.8 Å². The Hall–Kier alpha value is -1.59. The van der Waals surface area contributed by atoms with Gasteiger partial charge in [-0.05, 0) is 43.9 Å². The molecule has 5 nitrogen and oxygen atoms in total. The number of ether oxygens (including phenoxy) is 2. The third-order valence-electron chi connectivity index (χ3n) is 4.70. The molecule has 120 valence electrons. The van der Waals surface area contributed by atoms with Crippen LogP contribution in [0.3, 0.4) is 0 Å². The van der Waals surface area contributed by atoms with E-state index in [1.54, 1.807) is 7.11 Å². The fourth-order valence-electron chi connectivity index (χ4n) is 3.58. The third kappa shape index (κ3) is 2.38. The van der Waals surface area contributed by atoms with Crippen molar-refractivity contribution in [2.75, 3.05) is 26.8 Å². The molecule has 1 fully saturated rings. The molecule has 1 amide bonds. The standard InChI is InChI=1S/C17H24N2O3/c1-16(2)11-19(9-10-22-16)15(20)17(18)8-7-12-13(17)5-4-6-14(12)21-3/h4-6H,7-11,18H2,1-3H3. The Morgan fingerprint density at radius 2 is 2.18 bits per heavy atom. The first kappa shape index (κ1) is 15.3. The number of carbonyl (C=O) groups excluding carboxylic acids is 1. The molecule has 5 heteroatoms. The van der Waals surface area contributed by atoms with Crippen LogP contribution in [0.4, 0.5) is 0 Å². The maximum atomic E-state index is 13.1. The number of nitrogens with two attached hydrogens (primary N) is 1.